The number of nitrogens with one attached hydrogen (secondary N) is 1. The van der Waals surface area contributed by atoms with Crippen molar-refractivity contribution >= 4 is 17.7 Å². The molecule has 0 fully saturated rings. The standard InChI is InChI=1S/C19H24N4O/c1-22-11-3-4-17-12-15(5-7-18(17)22)6-8-19(24)20-10-9-16-13-21-23(2)14-16/h5-8,12-14H,3-4,9-11H2,1-2H3,(H,20,24). The van der Waals surface area contributed by atoms with Crippen LogP contribution < -0.4 is 10.2 Å². The number of amides is 1. The molecule has 0 atom stereocenters. The third-order valence-corrected chi connectivity index (χ3v) is 4.35. The highest BCUT2D eigenvalue weighted by atomic mass is 16.1. The molecule has 1 aliphatic rings. The molecule has 126 valence electrons. The van der Waals surface area contributed by atoms with E-state index in [9.17, 15) is 4.79 Å². The maximum absolute atomic E-state index is 11.9. The molecule has 5 heteroatoms. The second-order valence-corrected chi connectivity index (χ2v) is 6.31. The van der Waals surface area contributed by atoms with Crippen LogP contribution in [0.1, 0.15) is 23.1 Å². The van der Waals surface area contributed by atoms with Crippen molar-refractivity contribution in [1.29, 1.82) is 0 Å². The minimum absolute atomic E-state index is 0.0614. The molecule has 0 unspecified atom stereocenters. The maximum atomic E-state index is 11.9. The summed E-state index contributed by atoms with van der Waals surface area (Å²) < 4.78 is 1.77. The molecule has 2 heterocycles. The van der Waals surface area contributed by atoms with Gasteiger partial charge >= 0.3 is 0 Å². The summed E-state index contributed by atoms with van der Waals surface area (Å²) in [6.45, 7) is 1.73. The van der Waals surface area contributed by atoms with E-state index in [4.69, 9.17) is 0 Å². The Kier molecular flexibility index (Phi) is 4.99. The van der Waals surface area contributed by atoms with E-state index >= 15 is 0 Å². The number of benzene rings is 1. The number of aryl methyl sites for hydroxylation is 2. The number of nitrogens with zero attached hydrogens (tertiary/aromatic N) is 3. The van der Waals surface area contributed by atoms with Gasteiger partial charge in [0.25, 0.3) is 0 Å². The van der Waals surface area contributed by atoms with Crippen molar-refractivity contribution in [3.8, 4) is 0 Å². The molecular weight excluding hydrogens is 300 g/mol. The minimum Gasteiger partial charge on any atom is -0.374 e. The number of fused-ring (bicyclic) bond motifs is 1. The van der Waals surface area contributed by atoms with Gasteiger partial charge in [-0.1, -0.05) is 6.07 Å². The van der Waals surface area contributed by atoms with Crippen LogP contribution >= 0.6 is 0 Å². The van der Waals surface area contributed by atoms with Crippen molar-refractivity contribution in [2.45, 2.75) is 19.3 Å². The van der Waals surface area contributed by atoms with Crippen LogP contribution in [0.4, 0.5) is 5.69 Å². The number of carbonyl (C=O) groups excluding carboxylic acids is 1. The summed E-state index contributed by atoms with van der Waals surface area (Å²) in [5.74, 6) is -0.0614. The van der Waals surface area contributed by atoms with Gasteiger partial charge < -0.3 is 10.2 Å². The number of hydrogen-bond acceptors (Lipinski definition) is 3. The molecule has 0 bridgehead atoms. The number of hydrogen-bond donors (Lipinski definition) is 1. The molecule has 0 saturated carbocycles. The minimum atomic E-state index is -0.0614. The molecule has 2 aromatic rings. The number of anilines is 1. The van der Waals surface area contributed by atoms with Crippen LogP contribution in [0.15, 0.2) is 36.7 Å². The fourth-order valence-electron chi connectivity index (χ4n) is 3.07. The van der Waals surface area contributed by atoms with Crippen LogP contribution in [0.3, 0.4) is 0 Å². The fourth-order valence-corrected chi connectivity index (χ4v) is 3.07. The first-order valence-electron chi connectivity index (χ1n) is 8.39. The van der Waals surface area contributed by atoms with Crippen molar-refractivity contribution in [3.63, 3.8) is 0 Å². The van der Waals surface area contributed by atoms with Gasteiger partial charge in [-0.2, -0.15) is 5.10 Å². The summed E-state index contributed by atoms with van der Waals surface area (Å²) in [6, 6.07) is 6.40. The largest absolute Gasteiger partial charge is 0.374 e. The third-order valence-electron chi connectivity index (χ3n) is 4.35. The molecule has 0 aliphatic carbocycles. The highest BCUT2D eigenvalue weighted by molar-refractivity contribution is 5.91. The first-order valence-corrected chi connectivity index (χ1v) is 8.39. The highest BCUT2D eigenvalue weighted by Gasteiger charge is 2.12. The fraction of sp³-hybridized carbons (Fsp3) is 0.368. The van der Waals surface area contributed by atoms with Crippen LogP contribution in [0.2, 0.25) is 0 Å². The van der Waals surface area contributed by atoms with E-state index in [1.807, 2.05) is 25.5 Å². The lowest BCUT2D eigenvalue weighted by Crippen LogP contribution is -2.24. The van der Waals surface area contributed by atoms with Crippen LogP contribution in [0.25, 0.3) is 6.08 Å². The van der Waals surface area contributed by atoms with Crippen molar-refractivity contribution in [3.05, 3.63) is 53.4 Å². The average molecular weight is 324 g/mol. The molecule has 1 amide bonds. The number of carbonyl (C=O) groups is 1. The molecule has 0 spiro atoms. The average Bonchev–Trinajstić information content (AvgIpc) is 2.98. The predicted octanol–water partition coefficient (Wildman–Crippen LogP) is 2.17. The van der Waals surface area contributed by atoms with Gasteiger partial charge in [0.05, 0.1) is 6.20 Å². The Labute approximate surface area is 143 Å². The van der Waals surface area contributed by atoms with E-state index in [1.165, 1.54) is 17.7 Å². The molecule has 24 heavy (non-hydrogen) atoms. The van der Waals surface area contributed by atoms with Crippen LogP contribution in [0, 0.1) is 0 Å². The van der Waals surface area contributed by atoms with Crippen LogP contribution in [-0.2, 0) is 24.7 Å². The van der Waals surface area contributed by atoms with Gasteiger partial charge in [0.1, 0.15) is 0 Å². The molecule has 1 aromatic carbocycles. The summed E-state index contributed by atoms with van der Waals surface area (Å²) in [6.07, 6.45) is 10.4. The summed E-state index contributed by atoms with van der Waals surface area (Å²) in [7, 11) is 4.02. The number of rotatable bonds is 5. The van der Waals surface area contributed by atoms with E-state index in [0.29, 0.717) is 6.54 Å². The maximum Gasteiger partial charge on any atom is 0.244 e. The van der Waals surface area contributed by atoms with Gasteiger partial charge in [0.2, 0.25) is 5.91 Å². The molecule has 5 nitrogen and oxygen atoms in total. The van der Waals surface area contributed by atoms with E-state index in [2.05, 4.69) is 40.6 Å². The molecule has 1 aromatic heterocycles. The smallest absolute Gasteiger partial charge is 0.244 e. The zero-order chi connectivity index (χ0) is 16.9. The Balaban J connectivity index is 1.52. The monoisotopic (exact) mass is 324 g/mol. The zero-order valence-corrected chi connectivity index (χ0v) is 14.3. The van der Waals surface area contributed by atoms with Crippen LogP contribution in [-0.4, -0.2) is 35.8 Å². The third kappa shape index (κ3) is 4.04. The Morgan fingerprint density at radius 1 is 1.38 bits per heavy atom. The van der Waals surface area contributed by atoms with Gasteiger partial charge in [-0.25, -0.2) is 0 Å². The van der Waals surface area contributed by atoms with E-state index in [1.54, 1.807) is 10.8 Å². The van der Waals surface area contributed by atoms with E-state index in [-0.39, 0.29) is 5.91 Å². The lowest BCUT2D eigenvalue weighted by atomic mass is 9.99. The zero-order valence-electron chi connectivity index (χ0n) is 14.3. The van der Waals surface area contributed by atoms with Gasteiger partial charge in [0, 0.05) is 45.1 Å². The van der Waals surface area contributed by atoms with Crippen LogP contribution in [0.5, 0.6) is 0 Å². The Morgan fingerprint density at radius 3 is 3.04 bits per heavy atom. The Hall–Kier alpha value is -2.56. The van der Waals surface area contributed by atoms with Gasteiger partial charge in [0.15, 0.2) is 0 Å². The predicted molar refractivity (Wildman–Crippen MR) is 97.0 cm³/mol. The van der Waals surface area contributed by atoms with Crippen molar-refractivity contribution < 1.29 is 4.79 Å². The molecule has 0 saturated heterocycles. The summed E-state index contributed by atoms with van der Waals surface area (Å²) in [4.78, 5) is 14.2. The molecule has 1 N–H and O–H groups in total. The topological polar surface area (TPSA) is 50.2 Å². The molecule has 0 radical (unpaired) electrons. The SMILES string of the molecule is CN1CCCc2cc(C=CC(=O)NCCc3cnn(C)c3)ccc21. The van der Waals surface area contributed by atoms with E-state index < -0.39 is 0 Å². The second-order valence-electron chi connectivity index (χ2n) is 6.31. The normalized spacial score (nSPS) is 14.0. The molecule has 3 rings (SSSR count). The van der Waals surface area contributed by atoms with Gasteiger partial charge in [-0.05, 0) is 54.2 Å². The van der Waals surface area contributed by atoms with Crippen molar-refractivity contribution in [2.24, 2.45) is 7.05 Å². The van der Waals surface area contributed by atoms with E-state index in [0.717, 1.165) is 30.5 Å². The summed E-state index contributed by atoms with van der Waals surface area (Å²) >= 11 is 0. The summed E-state index contributed by atoms with van der Waals surface area (Å²) in [5, 5.41) is 7.03. The first-order chi connectivity index (χ1) is 11.6. The van der Waals surface area contributed by atoms with Crippen molar-refractivity contribution in [2.75, 3.05) is 25.0 Å². The first kappa shape index (κ1) is 16.3. The molecular formula is C19H24N4O. The van der Waals surface area contributed by atoms with Gasteiger partial charge in [-0.15, -0.1) is 0 Å². The Bertz CT molecular complexity index is 748. The lowest BCUT2D eigenvalue weighted by Gasteiger charge is -2.27. The lowest BCUT2D eigenvalue weighted by molar-refractivity contribution is -0.116. The highest BCUT2D eigenvalue weighted by Crippen LogP contribution is 2.27. The van der Waals surface area contributed by atoms with Crippen molar-refractivity contribution in [1.82, 2.24) is 15.1 Å². The number of aromatic nitrogens is 2. The Morgan fingerprint density at radius 2 is 2.25 bits per heavy atom. The molecule has 1 aliphatic heterocycles. The quantitative estimate of drug-likeness (QED) is 0.858. The summed E-state index contributed by atoms with van der Waals surface area (Å²) in [5.41, 5.74) is 4.87. The second kappa shape index (κ2) is 7.34. The van der Waals surface area contributed by atoms with Gasteiger partial charge in [-0.3, -0.25) is 9.48 Å².